The largest absolute Gasteiger partial charge is 0.463 e. The van der Waals surface area contributed by atoms with Crippen molar-refractivity contribution in [3.8, 4) is 0 Å². The molecule has 5 atom stereocenters. The van der Waals surface area contributed by atoms with E-state index in [4.69, 9.17) is 18.9 Å². The monoisotopic (exact) mass is 302 g/mol. The molecule has 1 aliphatic rings. The minimum absolute atomic E-state index is 0.0191. The van der Waals surface area contributed by atoms with Crippen molar-refractivity contribution in [3.05, 3.63) is 0 Å². The lowest BCUT2D eigenvalue weighted by Crippen LogP contribution is -2.56. The van der Waals surface area contributed by atoms with Crippen LogP contribution < -0.4 is 0 Å². The Balaban J connectivity index is 2.86. The van der Waals surface area contributed by atoms with Crippen molar-refractivity contribution >= 4 is 17.9 Å². The molecule has 0 saturated carbocycles. The van der Waals surface area contributed by atoms with E-state index in [2.05, 4.69) is 0 Å². The van der Waals surface area contributed by atoms with E-state index in [0.29, 0.717) is 0 Å². The Labute approximate surface area is 123 Å². The SMILES string of the molecule is CC(=O)OCC1O[C@@H](C)C(OC(C)=O)C(C)[C@H]1OC(C)=O. The average molecular weight is 302 g/mol. The number of esters is 3. The van der Waals surface area contributed by atoms with Crippen LogP contribution in [0.2, 0.25) is 0 Å². The van der Waals surface area contributed by atoms with Gasteiger partial charge in [-0.2, -0.15) is 0 Å². The second-order valence-corrected chi connectivity index (χ2v) is 5.19. The Bertz CT molecular complexity index is 404. The zero-order valence-electron chi connectivity index (χ0n) is 13.0. The van der Waals surface area contributed by atoms with Gasteiger partial charge in [0, 0.05) is 26.7 Å². The van der Waals surface area contributed by atoms with Gasteiger partial charge in [0.25, 0.3) is 0 Å². The number of ether oxygens (including phenoxy) is 4. The normalized spacial score (nSPS) is 32.1. The molecule has 0 radical (unpaired) electrons. The Morgan fingerprint density at radius 3 is 1.90 bits per heavy atom. The van der Waals surface area contributed by atoms with Gasteiger partial charge in [0.15, 0.2) is 0 Å². The molecule has 7 nitrogen and oxygen atoms in total. The van der Waals surface area contributed by atoms with Crippen molar-refractivity contribution in [1.82, 2.24) is 0 Å². The van der Waals surface area contributed by atoms with E-state index in [1.807, 2.05) is 0 Å². The van der Waals surface area contributed by atoms with Crippen LogP contribution in [-0.2, 0) is 33.3 Å². The number of carbonyl (C=O) groups excluding carboxylic acids is 3. The molecule has 1 saturated heterocycles. The first kappa shape index (κ1) is 17.4. The second kappa shape index (κ2) is 7.40. The van der Waals surface area contributed by atoms with E-state index in [1.54, 1.807) is 13.8 Å². The van der Waals surface area contributed by atoms with Gasteiger partial charge in [-0.1, -0.05) is 6.92 Å². The fourth-order valence-corrected chi connectivity index (χ4v) is 2.49. The molecular formula is C14H22O7. The zero-order chi connectivity index (χ0) is 16.2. The molecule has 0 spiro atoms. The molecule has 0 amide bonds. The minimum atomic E-state index is -0.651. The molecule has 120 valence electrons. The lowest BCUT2D eigenvalue weighted by atomic mass is 9.88. The van der Waals surface area contributed by atoms with Gasteiger partial charge in [-0.3, -0.25) is 14.4 Å². The standard InChI is InChI=1S/C14H22O7/c1-7-13(20-10(4)16)8(2)19-12(6-18-9(3)15)14(7)21-11(5)17/h7-8,12-14H,6H2,1-5H3/t7?,8-,12?,13?,14+/m0/s1. The molecule has 3 unspecified atom stereocenters. The van der Waals surface area contributed by atoms with Crippen LogP contribution in [0.15, 0.2) is 0 Å². The topological polar surface area (TPSA) is 88.1 Å². The van der Waals surface area contributed by atoms with E-state index >= 15 is 0 Å². The van der Waals surface area contributed by atoms with Crippen molar-refractivity contribution in [1.29, 1.82) is 0 Å². The van der Waals surface area contributed by atoms with Crippen molar-refractivity contribution < 1.29 is 33.3 Å². The fraction of sp³-hybridized carbons (Fsp3) is 0.786. The number of hydrogen-bond donors (Lipinski definition) is 0. The summed E-state index contributed by atoms with van der Waals surface area (Å²) >= 11 is 0. The van der Waals surface area contributed by atoms with Crippen LogP contribution >= 0.6 is 0 Å². The highest BCUT2D eigenvalue weighted by molar-refractivity contribution is 5.67. The Kier molecular flexibility index (Phi) is 6.14. The van der Waals surface area contributed by atoms with Gasteiger partial charge in [-0.15, -0.1) is 0 Å². The molecule has 1 rings (SSSR count). The molecular weight excluding hydrogens is 280 g/mol. The molecule has 0 aromatic carbocycles. The summed E-state index contributed by atoms with van der Waals surface area (Å²) in [6.07, 6.45) is -2.16. The summed E-state index contributed by atoms with van der Waals surface area (Å²) in [5.41, 5.74) is 0. The first-order valence-electron chi connectivity index (χ1n) is 6.85. The number of carbonyl (C=O) groups is 3. The summed E-state index contributed by atoms with van der Waals surface area (Å²) < 4.78 is 21.1. The van der Waals surface area contributed by atoms with Crippen LogP contribution in [0.5, 0.6) is 0 Å². The van der Waals surface area contributed by atoms with E-state index < -0.39 is 42.3 Å². The van der Waals surface area contributed by atoms with Gasteiger partial charge in [0.05, 0.1) is 6.10 Å². The van der Waals surface area contributed by atoms with E-state index in [-0.39, 0.29) is 12.5 Å². The maximum Gasteiger partial charge on any atom is 0.303 e. The molecule has 0 aliphatic carbocycles. The maximum atomic E-state index is 11.3. The third-order valence-electron chi connectivity index (χ3n) is 3.31. The zero-order valence-corrected chi connectivity index (χ0v) is 13.0. The Hall–Kier alpha value is -1.63. The fourth-order valence-electron chi connectivity index (χ4n) is 2.49. The summed E-state index contributed by atoms with van der Waals surface area (Å²) in [5.74, 6) is -1.62. The van der Waals surface area contributed by atoms with Crippen LogP contribution in [0.4, 0.5) is 0 Å². The maximum absolute atomic E-state index is 11.3. The predicted molar refractivity (Wildman–Crippen MR) is 71.2 cm³/mol. The Morgan fingerprint density at radius 2 is 1.43 bits per heavy atom. The summed E-state index contributed by atoms with van der Waals surface area (Å²) in [7, 11) is 0. The summed E-state index contributed by atoms with van der Waals surface area (Å²) in [5, 5.41) is 0. The van der Waals surface area contributed by atoms with Crippen LogP contribution in [-0.4, -0.2) is 48.9 Å². The van der Waals surface area contributed by atoms with Gasteiger partial charge in [0.2, 0.25) is 0 Å². The summed E-state index contributed by atoms with van der Waals surface area (Å²) in [4.78, 5) is 33.4. The first-order chi connectivity index (χ1) is 9.72. The van der Waals surface area contributed by atoms with Gasteiger partial charge in [-0.25, -0.2) is 0 Å². The third-order valence-corrected chi connectivity index (χ3v) is 3.31. The van der Waals surface area contributed by atoms with Crippen molar-refractivity contribution in [2.75, 3.05) is 6.61 Å². The van der Waals surface area contributed by atoms with E-state index in [0.717, 1.165) is 0 Å². The highest BCUT2D eigenvalue weighted by atomic mass is 16.6. The first-order valence-corrected chi connectivity index (χ1v) is 6.85. The smallest absolute Gasteiger partial charge is 0.303 e. The highest BCUT2D eigenvalue weighted by Crippen LogP contribution is 2.30. The molecule has 1 fully saturated rings. The molecule has 1 heterocycles. The van der Waals surface area contributed by atoms with Gasteiger partial charge in [0.1, 0.15) is 24.9 Å². The lowest BCUT2D eigenvalue weighted by molar-refractivity contribution is -0.225. The molecule has 0 aromatic rings. The second-order valence-electron chi connectivity index (χ2n) is 5.19. The molecule has 0 N–H and O–H groups in total. The minimum Gasteiger partial charge on any atom is -0.463 e. The quantitative estimate of drug-likeness (QED) is 0.561. The Morgan fingerprint density at radius 1 is 0.905 bits per heavy atom. The van der Waals surface area contributed by atoms with Crippen LogP contribution in [0.3, 0.4) is 0 Å². The molecule has 7 heteroatoms. The number of hydrogen-bond acceptors (Lipinski definition) is 7. The molecule has 0 bridgehead atoms. The van der Waals surface area contributed by atoms with Crippen LogP contribution in [0, 0.1) is 5.92 Å². The highest BCUT2D eigenvalue weighted by Gasteiger charge is 2.45. The van der Waals surface area contributed by atoms with Crippen molar-refractivity contribution in [2.45, 2.75) is 59.0 Å². The van der Waals surface area contributed by atoms with Gasteiger partial charge in [-0.05, 0) is 6.92 Å². The van der Waals surface area contributed by atoms with Gasteiger partial charge < -0.3 is 18.9 Å². The lowest BCUT2D eigenvalue weighted by Gasteiger charge is -2.43. The summed E-state index contributed by atoms with van der Waals surface area (Å²) in [6.45, 7) is 7.43. The summed E-state index contributed by atoms with van der Waals surface area (Å²) in [6, 6.07) is 0. The number of rotatable bonds is 4. The van der Waals surface area contributed by atoms with Gasteiger partial charge >= 0.3 is 17.9 Å². The average Bonchev–Trinajstić information content (AvgIpc) is 2.35. The van der Waals surface area contributed by atoms with E-state index in [1.165, 1.54) is 20.8 Å². The predicted octanol–water partition coefficient (Wildman–Crippen LogP) is 0.836. The van der Waals surface area contributed by atoms with Crippen LogP contribution in [0.1, 0.15) is 34.6 Å². The van der Waals surface area contributed by atoms with Crippen LogP contribution in [0.25, 0.3) is 0 Å². The molecule has 1 aliphatic heterocycles. The third kappa shape index (κ3) is 5.00. The van der Waals surface area contributed by atoms with Crippen molar-refractivity contribution in [3.63, 3.8) is 0 Å². The van der Waals surface area contributed by atoms with Crippen molar-refractivity contribution in [2.24, 2.45) is 5.92 Å². The molecule has 0 aromatic heterocycles. The van der Waals surface area contributed by atoms with E-state index in [9.17, 15) is 14.4 Å². The molecule has 21 heavy (non-hydrogen) atoms.